The Kier molecular flexibility index (Phi) is 10.4. The molecule has 188 valence electrons. The predicted molar refractivity (Wildman–Crippen MR) is 131 cm³/mol. The SMILES string of the molecule is CC(OC(=O)NC(CCC(=O)OCc1ccccc1)c1ccc(Cl)cc1)OC(=O)C1CCCCC1. The maximum Gasteiger partial charge on any atom is 0.410 e. The largest absolute Gasteiger partial charge is 0.461 e. The van der Waals surface area contributed by atoms with Gasteiger partial charge >= 0.3 is 18.0 Å². The van der Waals surface area contributed by atoms with Crippen LogP contribution in [-0.4, -0.2) is 24.3 Å². The van der Waals surface area contributed by atoms with Crippen molar-refractivity contribution < 1.29 is 28.6 Å². The highest BCUT2D eigenvalue weighted by molar-refractivity contribution is 6.30. The van der Waals surface area contributed by atoms with Gasteiger partial charge in [0, 0.05) is 18.4 Å². The molecule has 1 aliphatic rings. The van der Waals surface area contributed by atoms with Crippen LogP contribution in [0.1, 0.15) is 69.0 Å². The summed E-state index contributed by atoms with van der Waals surface area (Å²) in [6.45, 7) is 1.70. The second-order valence-corrected chi connectivity index (χ2v) is 9.11. The van der Waals surface area contributed by atoms with E-state index in [-0.39, 0.29) is 30.9 Å². The summed E-state index contributed by atoms with van der Waals surface area (Å²) >= 11 is 6.00. The normalized spacial score (nSPS) is 15.5. The molecule has 8 heteroatoms. The van der Waals surface area contributed by atoms with Crippen molar-refractivity contribution in [3.8, 4) is 0 Å². The molecule has 1 fully saturated rings. The molecule has 7 nitrogen and oxygen atoms in total. The molecule has 0 aromatic heterocycles. The molecule has 0 radical (unpaired) electrons. The van der Waals surface area contributed by atoms with E-state index in [1.165, 1.54) is 6.92 Å². The lowest BCUT2D eigenvalue weighted by Crippen LogP contribution is -2.34. The zero-order valence-electron chi connectivity index (χ0n) is 19.9. The number of benzene rings is 2. The Balaban J connectivity index is 1.51. The summed E-state index contributed by atoms with van der Waals surface area (Å²) in [5, 5.41) is 3.32. The van der Waals surface area contributed by atoms with Crippen molar-refractivity contribution in [1.29, 1.82) is 0 Å². The first-order valence-electron chi connectivity index (χ1n) is 12.0. The van der Waals surface area contributed by atoms with Crippen molar-refractivity contribution >= 4 is 29.6 Å². The summed E-state index contributed by atoms with van der Waals surface area (Å²) in [5.41, 5.74) is 1.66. The zero-order valence-corrected chi connectivity index (χ0v) is 20.7. The van der Waals surface area contributed by atoms with Gasteiger partial charge in [0.2, 0.25) is 6.29 Å². The monoisotopic (exact) mass is 501 g/mol. The summed E-state index contributed by atoms with van der Waals surface area (Å²) in [5.74, 6) is -0.847. The molecule has 2 aromatic rings. The third-order valence-electron chi connectivity index (χ3n) is 5.94. The Morgan fingerprint density at radius 2 is 1.66 bits per heavy atom. The molecule has 0 bridgehead atoms. The van der Waals surface area contributed by atoms with Gasteiger partial charge in [-0.05, 0) is 42.5 Å². The number of carbonyl (C=O) groups is 3. The van der Waals surface area contributed by atoms with Gasteiger partial charge in [0.25, 0.3) is 0 Å². The molecule has 1 amide bonds. The van der Waals surface area contributed by atoms with E-state index >= 15 is 0 Å². The lowest BCUT2D eigenvalue weighted by atomic mass is 9.89. The number of ether oxygens (including phenoxy) is 3. The van der Waals surface area contributed by atoms with E-state index in [2.05, 4.69) is 5.32 Å². The van der Waals surface area contributed by atoms with Crippen LogP contribution in [0.5, 0.6) is 0 Å². The van der Waals surface area contributed by atoms with Crippen LogP contribution in [0.3, 0.4) is 0 Å². The van der Waals surface area contributed by atoms with E-state index in [0.717, 1.165) is 43.2 Å². The van der Waals surface area contributed by atoms with Crippen LogP contribution in [0, 0.1) is 5.92 Å². The lowest BCUT2D eigenvalue weighted by Gasteiger charge is -2.23. The Hall–Kier alpha value is -3.06. The maximum atomic E-state index is 12.6. The fourth-order valence-electron chi connectivity index (χ4n) is 4.04. The maximum absolute atomic E-state index is 12.6. The molecule has 0 heterocycles. The van der Waals surface area contributed by atoms with Crippen LogP contribution in [0.2, 0.25) is 5.02 Å². The van der Waals surface area contributed by atoms with E-state index in [1.54, 1.807) is 24.3 Å². The highest BCUT2D eigenvalue weighted by Gasteiger charge is 2.26. The summed E-state index contributed by atoms with van der Waals surface area (Å²) < 4.78 is 15.9. The summed E-state index contributed by atoms with van der Waals surface area (Å²) in [6.07, 6.45) is 3.36. The minimum atomic E-state index is -1.02. The molecule has 2 aromatic carbocycles. The number of rotatable bonds is 10. The van der Waals surface area contributed by atoms with Crippen molar-refractivity contribution in [2.45, 2.75) is 70.8 Å². The van der Waals surface area contributed by atoms with Gasteiger partial charge in [0.05, 0.1) is 12.0 Å². The van der Waals surface area contributed by atoms with Crippen LogP contribution in [-0.2, 0) is 30.4 Å². The van der Waals surface area contributed by atoms with Crippen molar-refractivity contribution in [2.75, 3.05) is 0 Å². The molecule has 1 aliphatic carbocycles. The van der Waals surface area contributed by atoms with E-state index in [1.807, 2.05) is 30.3 Å². The van der Waals surface area contributed by atoms with E-state index in [0.29, 0.717) is 11.4 Å². The van der Waals surface area contributed by atoms with Gasteiger partial charge in [-0.15, -0.1) is 0 Å². The van der Waals surface area contributed by atoms with Gasteiger partial charge in [0.15, 0.2) is 0 Å². The Labute approximate surface area is 211 Å². The fraction of sp³-hybridized carbons (Fsp3) is 0.444. The van der Waals surface area contributed by atoms with Crippen molar-refractivity contribution in [3.63, 3.8) is 0 Å². The first kappa shape index (κ1) is 26.5. The van der Waals surface area contributed by atoms with Crippen LogP contribution in [0.15, 0.2) is 54.6 Å². The quantitative estimate of drug-likeness (QED) is 0.312. The van der Waals surface area contributed by atoms with Crippen LogP contribution in [0.4, 0.5) is 4.79 Å². The number of nitrogens with one attached hydrogen (secondary N) is 1. The first-order valence-corrected chi connectivity index (χ1v) is 12.4. The third kappa shape index (κ3) is 9.25. The molecular weight excluding hydrogens is 470 g/mol. The Bertz CT molecular complexity index is 959. The first-order chi connectivity index (χ1) is 16.9. The zero-order chi connectivity index (χ0) is 25.0. The molecule has 0 spiro atoms. The van der Waals surface area contributed by atoms with E-state index in [4.69, 9.17) is 25.8 Å². The summed E-state index contributed by atoms with van der Waals surface area (Å²) in [6, 6.07) is 15.8. The second-order valence-electron chi connectivity index (χ2n) is 8.68. The van der Waals surface area contributed by atoms with Gasteiger partial charge in [-0.2, -0.15) is 0 Å². The van der Waals surface area contributed by atoms with Gasteiger partial charge in [-0.25, -0.2) is 4.79 Å². The third-order valence-corrected chi connectivity index (χ3v) is 6.19. The second kappa shape index (κ2) is 13.7. The van der Waals surface area contributed by atoms with Crippen LogP contribution < -0.4 is 5.32 Å². The molecule has 0 aliphatic heterocycles. The highest BCUT2D eigenvalue weighted by Crippen LogP contribution is 2.25. The standard InChI is InChI=1S/C27H32ClNO6/c1-19(34-26(31)22-10-6-3-7-11-22)35-27(32)29-24(21-12-14-23(28)15-13-21)16-17-25(30)33-18-20-8-4-2-5-9-20/h2,4-5,8-9,12-15,19,22,24H,3,6-7,10-11,16-18H2,1H3,(H,29,32). The molecule has 35 heavy (non-hydrogen) atoms. The van der Waals surface area contributed by atoms with Crippen molar-refractivity contribution in [1.82, 2.24) is 5.32 Å². The fourth-order valence-corrected chi connectivity index (χ4v) is 4.16. The minimum Gasteiger partial charge on any atom is -0.461 e. The average molecular weight is 502 g/mol. The molecule has 2 unspecified atom stereocenters. The molecule has 0 saturated heterocycles. The predicted octanol–water partition coefficient (Wildman–Crippen LogP) is 6.10. The average Bonchev–Trinajstić information content (AvgIpc) is 2.86. The molecule has 1 N–H and O–H groups in total. The van der Waals surface area contributed by atoms with E-state index < -0.39 is 18.4 Å². The highest BCUT2D eigenvalue weighted by atomic mass is 35.5. The van der Waals surface area contributed by atoms with Gasteiger partial charge in [0.1, 0.15) is 6.61 Å². The van der Waals surface area contributed by atoms with Gasteiger partial charge in [-0.3, -0.25) is 9.59 Å². The molecule has 2 atom stereocenters. The van der Waals surface area contributed by atoms with Crippen LogP contribution in [0.25, 0.3) is 0 Å². The van der Waals surface area contributed by atoms with Crippen molar-refractivity contribution in [3.05, 3.63) is 70.7 Å². The number of carbonyl (C=O) groups excluding carboxylic acids is 3. The minimum absolute atomic E-state index is 0.0899. The summed E-state index contributed by atoms with van der Waals surface area (Å²) in [4.78, 5) is 37.2. The van der Waals surface area contributed by atoms with E-state index in [9.17, 15) is 14.4 Å². The molecular formula is C27H32ClNO6. The number of amides is 1. The van der Waals surface area contributed by atoms with Gasteiger partial charge < -0.3 is 19.5 Å². The number of alkyl carbamates (subject to hydrolysis) is 1. The summed E-state index contributed by atoms with van der Waals surface area (Å²) in [7, 11) is 0. The molecule has 3 rings (SSSR count). The Morgan fingerprint density at radius 3 is 2.34 bits per heavy atom. The lowest BCUT2D eigenvalue weighted by molar-refractivity contribution is -0.171. The topological polar surface area (TPSA) is 90.9 Å². The molecule has 1 saturated carbocycles. The smallest absolute Gasteiger partial charge is 0.410 e. The van der Waals surface area contributed by atoms with Crippen molar-refractivity contribution in [2.24, 2.45) is 5.92 Å². The van der Waals surface area contributed by atoms with Crippen LogP contribution >= 0.6 is 11.6 Å². The number of hydrogen-bond acceptors (Lipinski definition) is 6. The number of esters is 2. The number of hydrogen-bond donors (Lipinski definition) is 1. The Morgan fingerprint density at radius 1 is 0.971 bits per heavy atom. The van der Waals surface area contributed by atoms with Gasteiger partial charge in [-0.1, -0.05) is 73.3 Å². The number of halogens is 1.